The maximum Gasteiger partial charge on any atom is 0.326 e. The molecule has 2 aliphatic rings. The molecule has 5 nitrogen and oxygen atoms in total. The lowest BCUT2D eigenvalue weighted by atomic mass is 9.84. The second-order valence-electron chi connectivity index (χ2n) is 7.18. The quantitative estimate of drug-likeness (QED) is 0.662. The van der Waals surface area contributed by atoms with E-state index < -0.39 is 5.54 Å². The molecular formula is C20H27N3O2. The largest absolute Gasteiger partial charge is 0.326 e. The number of carbonyl (C=O) groups is 2. The Kier molecular flexibility index (Phi) is 4.95. The molecule has 1 N–H and O–H groups in total. The highest BCUT2D eigenvalue weighted by atomic mass is 16.2. The lowest BCUT2D eigenvalue weighted by Crippen LogP contribution is -2.46. The predicted octanol–water partition coefficient (Wildman–Crippen LogP) is 3.02. The zero-order chi connectivity index (χ0) is 18.0. The number of carbonyl (C=O) groups excluding carboxylic acids is 2. The highest BCUT2D eigenvalue weighted by molar-refractivity contribution is 6.07. The fourth-order valence-electron chi connectivity index (χ4n) is 3.94. The van der Waals surface area contributed by atoms with Crippen molar-refractivity contribution in [2.75, 3.05) is 19.8 Å². The van der Waals surface area contributed by atoms with Crippen molar-refractivity contribution in [1.82, 2.24) is 15.1 Å². The molecule has 134 valence electrons. The van der Waals surface area contributed by atoms with Gasteiger partial charge in [-0.1, -0.05) is 43.3 Å². The number of fused-ring (bicyclic) bond motifs is 2. The van der Waals surface area contributed by atoms with Crippen molar-refractivity contribution in [3.8, 4) is 0 Å². The van der Waals surface area contributed by atoms with Crippen molar-refractivity contribution < 1.29 is 9.59 Å². The van der Waals surface area contributed by atoms with Gasteiger partial charge < -0.3 is 5.32 Å². The van der Waals surface area contributed by atoms with Crippen LogP contribution in [-0.4, -0.2) is 41.5 Å². The molecule has 1 aromatic rings. The molecule has 1 aliphatic carbocycles. The number of nitrogens with zero attached hydrogens (tertiary/aromatic N) is 2. The Morgan fingerprint density at radius 2 is 2.08 bits per heavy atom. The summed E-state index contributed by atoms with van der Waals surface area (Å²) in [5.74, 6) is -0.119. The van der Waals surface area contributed by atoms with Gasteiger partial charge >= 0.3 is 6.03 Å². The molecule has 1 fully saturated rings. The van der Waals surface area contributed by atoms with Gasteiger partial charge in [0.25, 0.3) is 5.91 Å². The number of benzene rings is 1. The van der Waals surface area contributed by atoms with Gasteiger partial charge in [-0.25, -0.2) is 9.69 Å². The molecule has 1 aromatic carbocycles. The molecule has 0 aromatic heterocycles. The van der Waals surface area contributed by atoms with Crippen LogP contribution in [0.25, 0.3) is 0 Å². The van der Waals surface area contributed by atoms with Gasteiger partial charge in [0.1, 0.15) is 5.54 Å². The van der Waals surface area contributed by atoms with Crippen molar-refractivity contribution in [2.45, 2.75) is 45.1 Å². The van der Waals surface area contributed by atoms with Crippen LogP contribution >= 0.6 is 0 Å². The summed E-state index contributed by atoms with van der Waals surface area (Å²) in [6, 6.07) is 7.73. The van der Waals surface area contributed by atoms with Crippen LogP contribution in [0.1, 0.15) is 44.2 Å². The van der Waals surface area contributed by atoms with Crippen molar-refractivity contribution in [3.05, 3.63) is 47.5 Å². The van der Waals surface area contributed by atoms with E-state index in [0.29, 0.717) is 19.6 Å². The Balaban J connectivity index is 1.91. The summed E-state index contributed by atoms with van der Waals surface area (Å²) in [4.78, 5) is 29.4. The third-order valence-corrected chi connectivity index (χ3v) is 5.18. The van der Waals surface area contributed by atoms with Crippen LogP contribution in [0.2, 0.25) is 0 Å². The van der Waals surface area contributed by atoms with E-state index in [1.165, 1.54) is 10.5 Å². The first-order valence-electron chi connectivity index (χ1n) is 9.07. The van der Waals surface area contributed by atoms with Crippen LogP contribution in [0, 0.1) is 0 Å². The molecule has 0 saturated carbocycles. The number of urea groups is 1. The Bertz CT molecular complexity index is 700. The Hall–Kier alpha value is -2.14. The first-order chi connectivity index (χ1) is 12.0. The van der Waals surface area contributed by atoms with Gasteiger partial charge in [0.2, 0.25) is 0 Å². The van der Waals surface area contributed by atoms with E-state index >= 15 is 0 Å². The van der Waals surface area contributed by atoms with Crippen LogP contribution in [0.15, 0.2) is 36.4 Å². The van der Waals surface area contributed by atoms with E-state index in [4.69, 9.17) is 0 Å². The van der Waals surface area contributed by atoms with Crippen LogP contribution in [0.4, 0.5) is 4.79 Å². The molecular weight excluding hydrogens is 314 g/mol. The number of likely N-dealkylation sites (N-methyl/N-ethyl adjacent to an activating group) is 1. The van der Waals surface area contributed by atoms with Crippen molar-refractivity contribution in [3.63, 3.8) is 0 Å². The van der Waals surface area contributed by atoms with Crippen LogP contribution < -0.4 is 5.32 Å². The van der Waals surface area contributed by atoms with Gasteiger partial charge in [-0.15, -0.1) is 0 Å². The third kappa shape index (κ3) is 3.21. The number of hydrogen-bond donors (Lipinski definition) is 1. The molecule has 1 saturated heterocycles. The molecule has 1 spiro atoms. The number of rotatable bonds is 5. The summed E-state index contributed by atoms with van der Waals surface area (Å²) in [5.41, 5.74) is 2.26. The summed E-state index contributed by atoms with van der Waals surface area (Å²) in [6.45, 7) is 9.66. The highest BCUT2D eigenvalue weighted by Crippen LogP contribution is 2.38. The second kappa shape index (κ2) is 7.00. The van der Waals surface area contributed by atoms with Crippen molar-refractivity contribution in [2.24, 2.45) is 0 Å². The van der Waals surface area contributed by atoms with Gasteiger partial charge in [0.05, 0.1) is 6.67 Å². The zero-order valence-corrected chi connectivity index (χ0v) is 15.2. The van der Waals surface area contributed by atoms with E-state index in [9.17, 15) is 9.59 Å². The zero-order valence-electron chi connectivity index (χ0n) is 15.2. The van der Waals surface area contributed by atoms with Crippen molar-refractivity contribution in [1.29, 1.82) is 0 Å². The fraction of sp³-hybridized carbons (Fsp3) is 0.500. The molecule has 3 amide bonds. The molecule has 3 rings (SSSR count). The van der Waals surface area contributed by atoms with Crippen LogP contribution in [0.3, 0.4) is 0 Å². The average molecular weight is 341 g/mol. The minimum atomic E-state index is -0.896. The highest BCUT2D eigenvalue weighted by Gasteiger charge is 2.53. The molecule has 25 heavy (non-hydrogen) atoms. The number of amides is 3. The maximum absolute atomic E-state index is 13.3. The van der Waals surface area contributed by atoms with Crippen LogP contribution in [-0.2, 0) is 16.8 Å². The lowest BCUT2D eigenvalue weighted by Gasteiger charge is -2.29. The number of hydrogen-bond acceptors (Lipinski definition) is 3. The smallest absolute Gasteiger partial charge is 0.319 e. The minimum Gasteiger partial charge on any atom is -0.319 e. The molecule has 0 unspecified atom stereocenters. The minimum absolute atomic E-state index is 0.119. The van der Waals surface area contributed by atoms with E-state index in [0.717, 1.165) is 36.9 Å². The van der Waals surface area contributed by atoms with Gasteiger partial charge in [-0.3, -0.25) is 9.69 Å². The first-order valence-corrected chi connectivity index (χ1v) is 9.07. The number of imide groups is 1. The standard InChI is InChI=1S/C20H27N3O2/c1-4-22(13-15(2)3)14-23-18(24)20(21-19(23)25)12-8-7-10-16-9-5-6-11-17(16)20/h5-6,9,11H,2,4,7-8,10,12-14H2,1,3H3,(H,21,25)/t20-/m1/s1. The number of aryl methyl sites for hydroxylation is 1. The molecule has 5 heteroatoms. The Morgan fingerprint density at radius 3 is 2.80 bits per heavy atom. The van der Waals surface area contributed by atoms with Gasteiger partial charge in [0.15, 0.2) is 0 Å². The Morgan fingerprint density at radius 1 is 1.32 bits per heavy atom. The van der Waals surface area contributed by atoms with Crippen LogP contribution in [0.5, 0.6) is 0 Å². The fourth-order valence-corrected chi connectivity index (χ4v) is 3.94. The molecule has 1 atom stereocenters. The maximum atomic E-state index is 13.3. The second-order valence-corrected chi connectivity index (χ2v) is 7.18. The average Bonchev–Trinajstić information content (AvgIpc) is 2.74. The van der Waals surface area contributed by atoms with Gasteiger partial charge in [0, 0.05) is 6.54 Å². The first kappa shape index (κ1) is 17.7. The molecule has 1 aliphatic heterocycles. The van der Waals surface area contributed by atoms with E-state index in [2.05, 4.69) is 22.9 Å². The Labute approximate surface area is 149 Å². The predicted molar refractivity (Wildman–Crippen MR) is 98.0 cm³/mol. The topological polar surface area (TPSA) is 52.6 Å². The SMILES string of the molecule is C=C(C)CN(CC)CN1C(=O)N[C@@]2(CCCCc3ccccc32)C1=O. The summed E-state index contributed by atoms with van der Waals surface area (Å²) >= 11 is 0. The van der Waals surface area contributed by atoms with E-state index in [1.807, 2.05) is 32.0 Å². The summed E-state index contributed by atoms with van der Waals surface area (Å²) in [7, 11) is 0. The molecule has 0 bridgehead atoms. The van der Waals surface area contributed by atoms with Crippen molar-refractivity contribution >= 4 is 11.9 Å². The van der Waals surface area contributed by atoms with Gasteiger partial charge in [-0.05, 0) is 50.3 Å². The third-order valence-electron chi connectivity index (χ3n) is 5.18. The monoisotopic (exact) mass is 341 g/mol. The summed E-state index contributed by atoms with van der Waals surface area (Å²) in [5, 5.41) is 3.04. The molecule has 1 heterocycles. The molecule has 0 radical (unpaired) electrons. The lowest BCUT2D eigenvalue weighted by molar-refractivity contribution is -0.133. The van der Waals surface area contributed by atoms with E-state index in [1.54, 1.807) is 0 Å². The van der Waals surface area contributed by atoms with E-state index in [-0.39, 0.29) is 11.9 Å². The number of nitrogens with one attached hydrogen (secondary N) is 1. The summed E-state index contributed by atoms with van der Waals surface area (Å²) < 4.78 is 0. The summed E-state index contributed by atoms with van der Waals surface area (Å²) in [6.07, 6.45) is 3.59. The van der Waals surface area contributed by atoms with Gasteiger partial charge in [-0.2, -0.15) is 0 Å². The normalized spacial score (nSPS) is 22.9.